The van der Waals surface area contributed by atoms with Gasteiger partial charge in [-0.05, 0) is 31.2 Å². The van der Waals surface area contributed by atoms with Crippen LogP contribution >= 0.6 is 0 Å². The third kappa shape index (κ3) is 4.02. The molecule has 2 saturated heterocycles. The van der Waals surface area contributed by atoms with Gasteiger partial charge in [0.05, 0.1) is 17.4 Å². The number of carbonyl (C=O) groups excluding carboxylic acids is 2. The second-order valence-corrected chi connectivity index (χ2v) is 6.93. The van der Waals surface area contributed by atoms with Crippen molar-refractivity contribution in [2.45, 2.75) is 31.8 Å². The van der Waals surface area contributed by atoms with Gasteiger partial charge >= 0.3 is 0 Å². The maximum Gasteiger partial charge on any atom is 0.226 e. The minimum absolute atomic E-state index is 0.0688. The highest BCUT2D eigenvalue weighted by atomic mass is 16.5. The second-order valence-electron chi connectivity index (χ2n) is 6.93. The van der Waals surface area contributed by atoms with Crippen LogP contribution in [0.5, 0.6) is 0 Å². The van der Waals surface area contributed by atoms with Gasteiger partial charge in [0.15, 0.2) is 0 Å². The maximum absolute atomic E-state index is 12.8. The van der Waals surface area contributed by atoms with E-state index in [2.05, 4.69) is 5.32 Å². The van der Waals surface area contributed by atoms with Crippen LogP contribution in [0.2, 0.25) is 0 Å². The summed E-state index contributed by atoms with van der Waals surface area (Å²) in [6.45, 7) is 1.92. The van der Waals surface area contributed by atoms with Crippen LogP contribution in [0.4, 0.5) is 0 Å². The molecule has 3 N–H and O–H groups in total. The number of rotatable bonds is 5. The van der Waals surface area contributed by atoms with Gasteiger partial charge in [0.2, 0.25) is 11.8 Å². The summed E-state index contributed by atoms with van der Waals surface area (Å²) in [7, 11) is 0. The van der Waals surface area contributed by atoms with Crippen LogP contribution in [-0.2, 0) is 19.1 Å². The average Bonchev–Trinajstić information content (AvgIpc) is 2.67. The summed E-state index contributed by atoms with van der Waals surface area (Å²) < 4.78 is 11.2. The highest BCUT2D eigenvalue weighted by Gasteiger charge is 2.40. The standard InChI is InChI=1S/C19H26N2O4/c20-18(23)19(8-11-24-12-9-19)13-21-17(22)15-7-4-10-25-16(15)14-5-2-1-3-6-14/h1-3,5-6,15-16H,4,7-13H2,(H2,20,23)(H,21,22)/t15-,16+/m0/s1. The number of amides is 2. The van der Waals surface area contributed by atoms with Crippen molar-refractivity contribution < 1.29 is 19.1 Å². The molecule has 2 atom stereocenters. The minimum atomic E-state index is -0.703. The molecule has 0 bridgehead atoms. The summed E-state index contributed by atoms with van der Waals surface area (Å²) in [5.74, 6) is -0.683. The third-order valence-corrected chi connectivity index (χ3v) is 5.36. The molecule has 1 aromatic carbocycles. The molecule has 1 aromatic rings. The summed E-state index contributed by atoms with van der Waals surface area (Å²) in [4.78, 5) is 24.8. The SMILES string of the molecule is NC(=O)C1(CNC(=O)[C@H]2CCCO[C@@H]2c2ccccc2)CCOCC1. The van der Waals surface area contributed by atoms with Gasteiger partial charge < -0.3 is 20.5 Å². The zero-order valence-electron chi connectivity index (χ0n) is 14.4. The molecule has 2 aliphatic rings. The molecule has 6 nitrogen and oxygen atoms in total. The van der Waals surface area contributed by atoms with E-state index in [9.17, 15) is 9.59 Å². The summed E-state index contributed by atoms with van der Waals surface area (Å²) >= 11 is 0. The summed E-state index contributed by atoms with van der Waals surface area (Å²) in [6.07, 6.45) is 2.49. The summed E-state index contributed by atoms with van der Waals surface area (Å²) in [6, 6.07) is 9.82. The number of nitrogens with one attached hydrogen (secondary N) is 1. The molecular weight excluding hydrogens is 320 g/mol. The lowest BCUT2D eigenvalue weighted by atomic mass is 9.79. The fourth-order valence-electron chi connectivity index (χ4n) is 3.68. The van der Waals surface area contributed by atoms with Crippen molar-refractivity contribution in [3.05, 3.63) is 35.9 Å². The van der Waals surface area contributed by atoms with E-state index in [0.717, 1.165) is 18.4 Å². The molecule has 0 aliphatic carbocycles. The fourth-order valence-corrected chi connectivity index (χ4v) is 3.68. The molecule has 0 unspecified atom stereocenters. The number of hydrogen-bond acceptors (Lipinski definition) is 4. The Morgan fingerprint density at radius 1 is 1.16 bits per heavy atom. The number of primary amides is 1. The monoisotopic (exact) mass is 346 g/mol. The Morgan fingerprint density at radius 2 is 1.88 bits per heavy atom. The fraction of sp³-hybridized carbons (Fsp3) is 0.579. The summed E-state index contributed by atoms with van der Waals surface area (Å²) in [5.41, 5.74) is 5.92. The lowest BCUT2D eigenvalue weighted by Gasteiger charge is -2.36. The summed E-state index contributed by atoms with van der Waals surface area (Å²) in [5, 5.41) is 2.97. The van der Waals surface area contributed by atoms with E-state index >= 15 is 0 Å². The van der Waals surface area contributed by atoms with E-state index in [-0.39, 0.29) is 30.4 Å². The molecule has 25 heavy (non-hydrogen) atoms. The van der Waals surface area contributed by atoms with Crippen molar-refractivity contribution >= 4 is 11.8 Å². The Labute approximate surface area is 148 Å². The average molecular weight is 346 g/mol. The Kier molecular flexibility index (Phi) is 5.71. The smallest absolute Gasteiger partial charge is 0.226 e. The van der Waals surface area contributed by atoms with Crippen LogP contribution in [0.15, 0.2) is 30.3 Å². The van der Waals surface area contributed by atoms with Gasteiger partial charge in [-0.1, -0.05) is 30.3 Å². The predicted octanol–water partition coefficient (Wildman–Crippen LogP) is 1.55. The molecule has 0 spiro atoms. The van der Waals surface area contributed by atoms with E-state index < -0.39 is 5.41 Å². The quantitative estimate of drug-likeness (QED) is 0.846. The first-order valence-corrected chi connectivity index (χ1v) is 8.94. The first-order chi connectivity index (χ1) is 12.1. The van der Waals surface area contributed by atoms with E-state index in [1.54, 1.807) is 0 Å². The first kappa shape index (κ1) is 17.9. The Bertz CT molecular complexity index is 599. The third-order valence-electron chi connectivity index (χ3n) is 5.36. The van der Waals surface area contributed by atoms with Gasteiger partial charge in [0.1, 0.15) is 0 Å². The number of carbonyl (C=O) groups is 2. The molecule has 2 aliphatic heterocycles. The van der Waals surface area contributed by atoms with Crippen molar-refractivity contribution in [2.75, 3.05) is 26.4 Å². The number of benzene rings is 1. The normalized spacial score (nSPS) is 25.9. The number of ether oxygens (including phenoxy) is 2. The topological polar surface area (TPSA) is 90.7 Å². The molecular formula is C19H26N2O4. The van der Waals surface area contributed by atoms with Gasteiger partial charge in [-0.15, -0.1) is 0 Å². The van der Waals surface area contributed by atoms with E-state index in [1.807, 2.05) is 30.3 Å². The van der Waals surface area contributed by atoms with Gasteiger partial charge in [-0.2, -0.15) is 0 Å². The van der Waals surface area contributed by atoms with Crippen molar-refractivity contribution in [3.8, 4) is 0 Å². The van der Waals surface area contributed by atoms with Gasteiger partial charge in [-0.3, -0.25) is 9.59 Å². The Balaban J connectivity index is 1.67. The predicted molar refractivity (Wildman–Crippen MR) is 92.5 cm³/mol. The van der Waals surface area contributed by atoms with Crippen molar-refractivity contribution in [2.24, 2.45) is 17.1 Å². The molecule has 136 valence electrons. The first-order valence-electron chi connectivity index (χ1n) is 8.94. The van der Waals surface area contributed by atoms with Crippen molar-refractivity contribution in [1.29, 1.82) is 0 Å². The maximum atomic E-state index is 12.8. The Hall–Kier alpha value is -1.92. The molecule has 6 heteroatoms. The van der Waals surface area contributed by atoms with Crippen LogP contribution in [0.3, 0.4) is 0 Å². The van der Waals surface area contributed by atoms with Crippen LogP contribution < -0.4 is 11.1 Å². The van der Waals surface area contributed by atoms with Crippen LogP contribution in [0.1, 0.15) is 37.4 Å². The van der Waals surface area contributed by atoms with Crippen LogP contribution in [0, 0.1) is 11.3 Å². The lowest BCUT2D eigenvalue weighted by molar-refractivity contribution is -0.138. The zero-order valence-corrected chi connectivity index (χ0v) is 14.4. The zero-order chi connectivity index (χ0) is 17.7. The molecule has 2 amide bonds. The minimum Gasteiger partial charge on any atom is -0.381 e. The highest BCUT2D eigenvalue weighted by molar-refractivity contribution is 5.84. The van der Waals surface area contributed by atoms with E-state index in [0.29, 0.717) is 32.7 Å². The molecule has 0 radical (unpaired) electrons. The van der Waals surface area contributed by atoms with Gasteiger partial charge in [-0.25, -0.2) is 0 Å². The molecule has 2 heterocycles. The Morgan fingerprint density at radius 3 is 2.56 bits per heavy atom. The molecule has 2 fully saturated rings. The molecule has 0 saturated carbocycles. The van der Waals surface area contributed by atoms with Gasteiger partial charge in [0, 0.05) is 26.4 Å². The molecule has 0 aromatic heterocycles. The van der Waals surface area contributed by atoms with Crippen LogP contribution in [0.25, 0.3) is 0 Å². The van der Waals surface area contributed by atoms with Crippen molar-refractivity contribution in [3.63, 3.8) is 0 Å². The lowest BCUT2D eigenvalue weighted by Crippen LogP contribution is -2.51. The van der Waals surface area contributed by atoms with Crippen molar-refractivity contribution in [1.82, 2.24) is 5.32 Å². The van der Waals surface area contributed by atoms with E-state index in [4.69, 9.17) is 15.2 Å². The second kappa shape index (κ2) is 7.97. The molecule has 3 rings (SSSR count). The largest absolute Gasteiger partial charge is 0.381 e. The number of hydrogen-bond donors (Lipinski definition) is 2. The van der Waals surface area contributed by atoms with E-state index in [1.165, 1.54) is 0 Å². The van der Waals surface area contributed by atoms with Gasteiger partial charge in [0.25, 0.3) is 0 Å². The highest BCUT2D eigenvalue weighted by Crippen LogP contribution is 2.34. The number of nitrogens with two attached hydrogens (primary N) is 1. The van der Waals surface area contributed by atoms with Crippen LogP contribution in [-0.4, -0.2) is 38.2 Å².